The first-order chi connectivity index (χ1) is 9.63. The van der Waals surface area contributed by atoms with Crippen LogP contribution in [0.2, 0.25) is 0 Å². The van der Waals surface area contributed by atoms with Crippen molar-refractivity contribution in [2.75, 3.05) is 13.1 Å². The number of carbonyl (C=O) groups is 1. The predicted molar refractivity (Wildman–Crippen MR) is 76.1 cm³/mol. The quantitative estimate of drug-likeness (QED) is 0.870. The van der Waals surface area contributed by atoms with Gasteiger partial charge in [-0.25, -0.2) is 4.39 Å². The van der Waals surface area contributed by atoms with E-state index in [2.05, 4.69) is 10.6 Å². The van der Waals surface area contributed by atoms with Crippen LogP contribution in [0.1, 0.15) is 35.2 Å². The topological polar surface area (TPSA) is 41.1 Å². The van der Waals surface area contributed by atoms with Gasteiger partial charge in [0, 0.05) is 6.04 Å². The molecule has 0 bridgehead atoms. The second-order valence-corrected chi connectivity index (χ2v) is 6.15. The summed E-state index contributed by atoms with van der Waals surface area (Å²) in [5, 5.41) is 6.42. The van der Waals surface area contributed by atoms with E-state index in [1.807, 2.05) is 6.92 Å². The number of rotatable bonds is 2. The molecule has 2 fully saturated rings. The van der Waals surface area contributed by atoms with Gasteiger partial charge in [0.15, 0.2) is 0 Å². The molecule has 0 radical (unpaired) electrons. The van der Waals surface area contributed by atoms with Gasteiger partial charge >= 0.3 is 0 Å². The van der Waals surface area contributed by atoms with Gasteiger partial charge in [0.1, 0.15) is 5.82 Å². The van der Waals surface area contributed by atoms with Crippen molar-refractivity contribution in [1.29, 1.82) is 0 Å². The number of aryl methyl sites for hydroxylation is 1. The minimum atomic E-state index is -0.440. The standard InChI is InChI=1S/C16H21FN2O/c1-10-2-5-15(17)14(6-10)16(20)19-13-4-3-11-8-18-9-12(11)7-13/h2,5-6,11-13,18H,3-4,7-9H2,1H3,(H,19,20)/t11-,12+,13?/m0/s1. The average molecular weight is 276 g/mol. The van der Waals surface area contributed by atoms with Crippen molar-refractivity contribution in [3.8, 4) is 0 Å². The Hall–Kier alpha value is -1.42. The van der Waals surface area contributed by atoms with E-state index in [1.165, 1.54) is 6.07 Å². The second-order valence-electron chi connectivity index (χ2n) is 6.15. The average Bonchev–Trinajstić information content (AvgIpc) is 2.89. The first-order valence-electron chi connectivity index (χ1n) is 7.41. The smallest absolute Gasteiger partial charge is 0.254 e. The number of benzene rings is 1. The van der Waals surface area contributed by atoms with Crippen molar-refractivity contribution >= 4 is 5.91 Å². The Bertz CT molecular complexity index is 517. The molecule has 0 aromatic heterocycles. The number of amides is 1. The van der Waals surface area contributed by atoms with E-state index >= 15 is 0 Å². The third kappa shape index (κ3) is 2.70. The zero-order valence-electron chi connectivity index (χ0n) is 11.8. The highest BCUT2D eigenvalue weighted by Crippen LogP contribution is 2.32. The van der Waals surface area contributed by atoms with E-state index in [9.17, 15) is 9.18 Å². The molecule has 1 aliphatic heterocycles. The summed E-state index contributed by atoms with van der Waals surface area (Å²) in [6.07, 6.45) is 3.16. The maximum atomic E-state index is 13.7. The van der Waals surface area contributed by atoms with Crippen LogP contribution in [0, 0.1) is 24.6 Å². The lowest BCUT2D eigenvalue weighted by Gasteiger charge is -2.31. The molecule has 1 aliphatic carbocycles. The highest BCUT2D eigenvalue weighted by molar-refractivity contribution is 5.94. The number of hydrogen-bond acceptors (Lipinski definition) is 2. The Kier molecular flexibility index (Phi) is 3.74. The molecule has 3 atom stereocenters. The molecule has 20 heavy (non-hydrogen) atoms. The maximum Gasteiger partial charge on any atom is 0.254 e. The molecule has 4 heteroatoms. The summed E-state index contributed by atoms with van der Waals surface area (Å²) in [4.78, 5) is 12.2. The zero-order chi connectivity index (χ0) is 14.1. The highest BCUT2D eigenvalue weighted by Gasteiger charge is 2.34. The SMILES string of the molecule is Cc1ccc(F)c(C(=O)NC2CC[C@H]3CNC[C@H]3C2)c1. The van der Waals surface area contributed by atoms with Crippen LogP contribution in [0.15, 0.2) is 18.2 Å². The van der Waals surface area contributed by atoms with E-state index in [-0.39, 0.29) is 17.5 Å². The summed E-state index contributed by atoms with van der Waals surface area (Å²) in [7, 11) is 0. The fourth-order valence-corrected chi connectivity index (χ4v) is 3.51. The largest absolute Gasteiger partial charge is 0.349 e. The minimum absolute atomic E-state index is 0.164. The van der Waals surface area contributed by atoms with Crippen LogP contribution in [0.5, 0.6) is 0 Å². The summed E-state index contributed by atoms with van der Waals surface area (Å²) in [6, 6.07) is 4.85. The molecule has 1 saturated carbocycles. The Balaban J connectivity index is 1.65. The molecular formula is C16H21FN2O. The minimum Gasteiger partial charge on any atom is -0.349 e. The molecule has 1 aromatic rings. The molecule has 3 rings (SSSR count). The van der Waals surface area contributed by atoms with Gasteiger partial charge in [-0.05, 0) is 63.2 Å². The van der Waals surface area contributed by atoms with Crippen LogP contribution in [0.25, 0.3) is 0 Å². The normalized spacial score (nSPS) is 29.0. The monoisotopic (exact) mass is 276 g/mol. The summed E-state index contributed by atoms with van der Waals surface area (Å²) in [5.74, 6) is 0.709. The first-order valence-corrected chi connectivity index (χ1v) is 7.41. The van der Waals surface area contributed by atoms with E-state index in [0.29, 0.717) is 5.92 Å². The van der Waals surface area contributed by atoms with Gasteiger partial charge in [0.2, 0.25) is 0 Å². The third-order valence-electron chi connectivity index (χ3n) is 4.65. The van der Waals surface area contributed by atoms with Crippen LogP contribution >= 0.6 is 0 Å². The third-order valence-corrected chi connectivity index (χ3v) is 4.65. The van der Waals surface area contributed by atoms with Gasteiger partial charge in [0.25, 0.3) is 5.91 Å². The van der Waals surface area contributed by atoms with Gasteiger partial charge in [-0.1, -0.05) is 11.6 Å². The van der Waals surface area contributed by atoms with Gasteiger partial charge in [-0.3, -0.25) is 4.79 Å². The second kappa shape index (κ2) is 5.52. The molecule has 1 amide bonds. The van der Waals surface area contributed by atoms with Crippen molar-refractivity contribution in [1.82, 2.24) is 10.6 Å². The van der Waals surface area contributed by atoms with Crippen LogP contribution in [0.4, 0.5) is 4.39 Å². The maximum absolute atomic E-state index is 13.7. The lowest BCUT2D eigenvalue weighted by molar-refractivity contribution is 0.0909. The van der Waals surface area contributed by atoms with Gasteiger partial charge in [-0.15, -0.1) is 0 Å². The van der Waals surface area contributed by atoms with Crippen molar-refractivity contribution in [3.05, 3.63) is 35.1 Å². The number of hydrogen-bond donors (Lipinski definition) is 2. The molecule has 1 heterocycles. The Morgan fingerprint density at radius 1 is 1.30 bits per heavy atom. The number of fused-ring (bicyclic) bond motifs is 1. The molecule has 1 aromatic carbocycles. The highest BCUT2D eigenvalue weighted by atomic mass is 19.1. The van der Waals surface area contributed by atoms with E-state index in [0.717, 1.165) is 43.8 Å². The number of carbonyl (C=O) groups excluding carboxylic acids is 1. The summed E-state index contributed by atoms with van der Waals surface area (Å²) in [5.41, 5.74) is 1.07. The molecule has 0 spiro atoms. The van der Waals surface area contributed by atoms with Crippen LogP contribution in [0.3, 0.4) is 0 Å². The summed E-state index contributed by atoms with van der Waals surface area (Å²) >= 11 is 0. The van der Waals surface area contributed by atoms with Crippen LogP contribution < -0.4 is 10.6 Å². The first kappa shape index (κ1) is 13.6. The summed E-state index contributed by atoms with van der Waals surface area (Å²) in [6.45, 7) is 4.03. The Morgan fingerprint density at radius 3 is 2.95 bits per heavy atom. The summed E-state index contributed by atoms with van der Waals surface area (Å²) < 4.78 is 13.7. The van der Waals surface area contributed by atoms with Gasteiger partial charge in [-0.2, -0.15) is 0 Å². The van der Waals surface area contributed by atoms with Crippen molar-refractivity contribution < 1.29 is 9.18 Å². The fourth-order valence-electron chi connectivity index (χ4n) is 3.51. The molecule has 108 valence electrons. The number of halogens is 1. The molecule has 1 saturated heterocycles. The van der Waals surface area contributed by atoms with Crippen molar-refractivity contribution in [2.24, 2.45) is 11.8 Å². The molecule has 2 aliphatic rings. The van der Waals surface area contributed by atoms with Crippen LogP contribution in [-0.2, 0) is 0 Å². The lowest BCUT2D eigenvalue weighted by atomic mass is 9.79. The predicted octanol–water partition coefficient (Wildman–Crippen LogP) is 2.25. The van der Waals surface area contributed by atoms with Gasteiger partial charge < -0.3 is 10.6 Å². The Morgan fingerprint density at radius 2 is 2.10 bits per heavy atom. The molecular weight excluding hydrogens is 255 g/mol. The van der Waals surface area contributed by atoms with Gasteiger partial charge in [0.05, 0.1) is 5.56 Å². The molecule has 3 nitrogen and oxygen atoms in total. The molecule has 1 unspecified atom stereocenters. The Labute approximate surface area is 118 Å². The molecule has 2 N–H and O–H groups in total. The van der Waals surface area contributed by atoms with E-state index in [1.54, 1.807) is 12.1 Å². The van der Waals surface area contributed by atoms with E-state index in [4.69, 9.17) is 0 Å². The number of nitrogens with one attached hydrogen (secondary N) is 2. The van der Waals surface area contributed by atoms with Crippen molar-refractivity contribution in [3.63, 3.8) is 0 Å². The zero-order valence-corrected chi connectivity index (χ0v) is 11.8. The lowest BCUT2D eigenvalue weighted by Crippen LogP contribution is -2.40. The van der Waals surface area contributed by atoms with Crippen LogP contribution in [-0.4, -0.2) is 25.0 Å². The fraction of sp³-hybridized carbons (Fsp3) is 0.562. The van der Waals surface area contributed by atoms with E-state index < -0.39 is 5.82 Å². The van der Waals surface area contributed by atoms with Crippen molar-refractivity contribution in [2.45, 2.75) is 32.2 Å².